The largest absolute Gasteiger partial charge is 0.305 e. The summed E-state index contributed by atoms with van der Waals surface area (Å²) in [4.78, 5) is 4.37. The van der Waals surface area contributed by atoms with Crippen molar-refractivity contribution in [2.45, 2.75) is 19.4 Å². The van der Waals surface area contributed by atoms with Crippen LogP contribution in [0.25, 0.3) is 0 Å². The van der Waals surface area contributed by atoms with Crippen LogP contribution in [-0.2, 0) is 6.42 Å². The smallest absolute Gasteiger partial charge is 0.0767 e. The second kappa shape index (κ2) is 3.74. The average molecular weight is 235 g/mol. The molecule has 1 atom stereocenters. The molecule has 0 saturated carbocycles. The molecule has 0 radical (unpaired) electrons. The first kappa shape index (κ1) is 9.58. The Hall–Kier alpha value is -0.640. The molecule has 1 unspecified atom stereocenters. The molecule has 3 heterocycles. The van der Waals surface area contributed by atoms with Gasteiger partial charge in [-0.15, -0.1) is 22.7 Å². The van der Waals surface area contributed by atoms with Crippen molar-refractivity contribution in [2.75, 3.05) is 6.54 Å². The number of rotatable bonds is 1. The molecule has 0 aromatic carbocycles. The summed E-state index contributed by atoms with van der Waals surface area (Å²) in [6.45, 7) is 3.28. The maximum absolute atomic E-state index is 3.61. The fourth-order valence-electron chi connectivity index (χ4n) is 2.09. The van der Waals surface area contributed by atoms with Gasteiger partial charge in [-0.25, -0.2) is 0 Å². The summed E-state index contributed by atoms with van der Waals surface area (Å²) in [6, 6.07) is 7.19. The van der Waals surface area contributed by atoms with Crippen molar-refractivity contribution in [2.24, 2.45) is 0 Å². The highest BCUT2D eigenvalue weighted by atomic mass is 32.1. The molecule has 0 aliphatic carbocycles. The molecule has 2 aromatic rings. The van der Waals surface area contributed by atoms with Crippen molar-refractivity contribution >= 4 is 22.7 Å². The van der Waals surface area contributed by atoms with Gasteiger partial charge in [0.2, 0.25) is 0 Å². The quantitative estimate of drug-likeness (QED) is 0.799. The predicted molar refractivity (Wildman–Crippen MR) is 66.9 cm³/mol. The van der Waals surface area contributed by atoms with Gasteiger partial charge in [0.05, 0.1) is 6.04 Å². The third-order valence-electron chi connectivity index (χ3n) is 2.83. The molecule has 0 bridgehead atoms. The van der Waals surface area contributed by atoms with Crippen molar-refractivity contribution in [3.05, 3.63) is 43.8 Å². The molecule has 0 spiro atoms. The van der Waals surface area contributed by atoms with E-state index < -0.39 is 0 Å². The van der Waals surface area contributed by atoms with E-state index in [0.717, 1.165) is 6.54 Å². The van der Waals surface area contributed by atoms with Crippen molar-refractivity contribution < 1.29 is 0 Å². The van der Waals surface area contributed by atoms with Gasteiger partial charge in [0.15, 0.2) is 0 Å². The Morgan fingerprint density at radius 3 is 3.07 bits per heavy atom. The molecule has 0 amide bonds. The Balaban J connectivity index is 2.02. The standard InChI is InChI=1S/C12H13NS2/c1-8-2-3-10(15-8)11-12-9(4-6-13-11)5-7-14-12/h2-3,5,7,11,13H,4,6H2,1H3. The molecule has 1 aliphatic rings. The van der Waals surface area contributed by atoms with E-state index in [0.29, 0.717) is 6.04 Å². The highest BCUT2D eigenvalue weighted by molar-refractivity contribution is 7.13. The first-order valence-electron chi connectivity index (χ1n) is 5.20. The van der Waals surface area contributed by atoms with E-state index >= 15 is 0 Å². The number of thiophene rings is 2. The third kappa shape index (κ3) is 1.65. The molecule has 2 aromatic heterocycles. The van der Waals surface area contributed by atoms with Crippen molar-refractivity contribution in [3.8, 4) is 0 Å². The van der Waals surface area contributed by atoms with E-state index in [4.69, 9.17) is 0 Å². The summed E-state index contributed by atoms with van der Waals surface area (Å²) >= 11 is 3.79. The monoisotopic (exact) mass is 235 g/mol. The first-order valence-corrected chi connectivity index (χ1v) is 6.90. The van der Waals surface area contributed by atoms with Gasteiger partial charge in [0.25, 0.3) is 0 Å². The van der Waals surface area contributed by atoms with Crippen molar-refractivity contribution in [3.63, 3.8) is 0 Å². The van der Waals surface area contributed by atoms with E-state index in [1.807, 2.05) is 22.7 Å². The molecular weight excluding hydrogens is 222 g/mol. The van der Waals surface area contributed by atoms with Crippen LogP contribution >= 0.6 is 22.7 Å². The topological polar surface area (TPSA) is 12.0 Å². The third-order valence-corrected chi connectivity index (χ3v) is 4.92. The molecule has 1 nitrogen and oxygen atoms in total. The molecule has 0 fully saturated rings. The molecule has 3 heteroatoms. The van der Waals surface area contributed by atoms with Gasteiger partial charge in [-0.05, 0) is 42.5 Å². The Kier molecular flexibility index (Phi) is 2.39. The Morgan fingerprint density at radius 2 is 2.27 bits per heavy atom. The van der Waals surface area contributed by atoms with Crippen LogP contribution in [0.4, 0.5) is 0 Å². The summed E-state index contributed by atoms with van der Waals surface area (Å²) < 4.78 is 0. The predicted octanol–water partition coefficient (Wildman–Crippen LogP) is 3.35. The number of hydrogen-bond donors (Lipinski definition) is 1. The zero-order valence-corrected chi connectivity index (χ0v) is 10.3. The van der Waals surface area contributed by atoms with E-state index in [2.05, 4.69) is 35.8 Å². The van der Waals surface area contributed by atoms with Gasteiger partial charge in [-0.2, -0.15) is 0 Å². The summed E-state index contributed by atoms with van der Waals surface area (Å²) in [5.41, 5.74) is 1.54. The second-order valence-corrected chi connectivity index (χ2v) is 6.16. The zero-order chi connectivity index (χ0) is 10.3. The van der Waals surface area contributed by atoms with Gasteiger partial charge in [-0.3, -0.25) is 0 Å². The lowest BCUT2D eigenvalue weighted by Crippen LogP contribution is -2.28. The molecule has 0 saturated heterocycles. The first-order chi connectivity index (χ1) is 7.34. The van der Waals surface area contributed by atoms with Crippen LogP contribution in [0.3, 0.4) is 0 Å². The average Bonchev–Trinajstić information content (AvgIpc) is 2.84. The molecule has 78 valence electrons. The fraction of sp³-hybridized carbons (Fsp3) is 0.333. The Labute approximate surface area is 97.8 Å². The SMILES string of the molecule is Cc1ccc(C2NCCc3ccsc32)s1. The van der Waals surface area contributed by atoms with Gasteiger partial charge in [-0.1, -0.05) is 0 Å². The minimum absolute atomic E-state index is 0.451. The van der Waals surface area contributed by atoms with Crippen LogP contribution in [0.2, 0.25) is 0 Å². The summed E-state index contributed by atoms with van der Waals surface area (Å²) in [5, 5.41) is 5.83. The van der Waals surface area contributed by atoms with Gasteiger partial charge >= 0.3 is 0 Å². The van der Waals surface area contributed by atoms with E-state index in [-0.39, 0.29) is 0 Å². The van der Waals surface area contributed by atoms with E-state index in [1.165, 1.54) is 26.6 Å². The molecule has 1 N–H and O–H groups in total. The molecular formula is C12H13NS2. The lowest BCUT2D eigenvalue weighted by molar-refractivity contribution is 0.585. The van der Waals surface area contributed by atoms with Gasteiger partial charge < -0.3 is 5.32 Å². The maximum atomic E-state index is 3.61. The van der Waals surface area contributed by atoms with Crippen LogP contribution in [0.15, 0.2) is 23.6 Å². The van der Waals surface area contributed by atoms with Crippen molar-refractivity contribution in [1.29, 1.82) is 0 Å². The minimum atomic E-state index is 0.451. The summed E-state index contributed by atoms with van der Waals surface area (Å²) in [6.07, 6.45) is 1.18. The van der Waals surface area contributed by atoms with Crippen LogP contribution < -0.4 is 5.32 Å². The van der Waals surface area contributed by atoms with Gasteiger partial charge in [0, 0.05) is 21.2 Å². The lowest BCUT2D eigenvalue weighted by atomic mass is 10.0. The van der Waals surface area contributed by atoms with Crippen LogP contribution in [0.1, 0.15) is 26.2 Å². The van der Waals surface area contributed by atoms with Crippen molar-refractivity contribution in [1.82, 2.24) is 5.32 Å². The zero-order valence-electron chi connectivity index (χ0n) is 8.62. The maximum Gasteiger partial charge on any atom is 0.0767 e. The van der Waals surface area contributed by atoms with Gasteiger partial charge in [0.1, 0.15) is 0 Å². The molecule has 1 aliphatic heterocycles. The molecule has 3 rings (SSSR count). The Morgan fingerprint density at radius 1 is 1.33 bits per heavy atom. The van der Waals surface area contributed by atoms with Crippen LogP contribution in [-0.4, -0.2) is 6.54 Å². The summed E-state index contributed by atoms with van der Waals surface area (Å²) in [5.74, 6) is 0. The Bertz CT molecular complexity index is 469. The highest BCUT2D eigenvalue weighted by Gasteiger charge is 2.23. The number of fused-ring (bicyclic) bond motifs is 1. The summed E-state index contributed by atoms with van der Waals surface area (Å²) in [7, 11) is 0. The number of nitrogens with one attached hydrogen (secondary N) is 1. The van der Waals surface area contributed by atoms with Crippen LogP contribution in [0, 0.1) is 6.92 Å². The number of hydrogen-bond acceptors (Lipinski definition) is 3. The van der Waals surface area contributed by atoms with E-state index in [9.17, 15) is 0 Å². The number of aryl methyl sites for hydroxylation is 1. The minimum Gasteiger partial charge on any atom is -0.305 e. The molecule has 15 heavy (non-hydrogen) atoms. The normalized spacial score (nSPS) is 20.2. The second-order valence-electron chi connectivity index (χ2n) is 3.90. The lowest BCUT2D eigenvalue weighted by Gasteiger charge is -2.22. The fourth-order valence-corrected chi connectivity index (χ4v) is 4.17. The highest BCUT2D eigenvalue weighted by Crippen LogP contribution is 2.35. The van der Waals surface area contributed by atoms with E-state index in [1.54, 1.807) is 0 Å². The van der Waals surface area contributed by atoms with Crippen LogP contribution in [0.5, 0.6) is 0 Å².